The zero-order valence-corrected chi connectivity index (χ0v) is 7.46. The smallest absolute Gasteiger partial charge is 0.373 e. The van der Waals surface area contributed by atoms with E-state index in [9.17, 15) is 9.59 Å². The Labute approximate surface area is 75.2 Å². The molecular weight excluding hydrogens is 179 g/mol. The minimum Gasteiger partial charge on any atom is -0.463 e. The molecule has 0 aliphatic heterocycles. The summed E-state index contributed by atoms with van der Waals surface area (Å²) in [5.74, 6) is -1.81. The molecule has 5 heteroatoms. The van der Waals surface area contributed by atoms with Gasteiger partial charge >= 0.3 is 11.9 Å². The van der Waals surface area contributed by atoms with E-state index in [0.29, 0.717) is 0 Å². The van der Waals surface area contributed by atoms with E-state index in [2.05, 4.69) is 22.6 Å². The van der Waals surface area contributed by atoms with Gasteiger partial charge in [0.15, 0.2) is 0 Å². The van der Waals surface area contributed by atoms with E-state index in [1.807, 2.05) is 0 Å². The summed E-state index contributed by atoms with van der Waals surface area (Å²) in [6, 6.07) is 0. The highest BCUT2D eigenvalue weighted by Crippen LogP contribution is 2.01. The number of hydrogen-bond acceptors (Lipinski definition) is 4. The molecule has 0 N–H and O–H groups in total. The molecule has 0 spiro atoms. The molecule has 0 bridgehead atoms. The van der Waals surface area contributed by atoms with Gasteiger partial charge in [-0.15, -0.1) is 0 Å². The van der Waals surface area contributed by atoms with Crippen LogP contribution in [0, 0.1) is 0 Å². The van der Waals surface area contributed by atoms with Gasteiger partial charge in [0.2, 0.25) is 5.76 Å². The zero-order valence-electron chi connectivity index (χ0n) is 7.46. The fourth-order valence-corrected chi connectivity index (χ4v) is 0.355. The van der Waals surface area contributed by atoms with Crippen LogP contribution in [-0.4, -0.2) is 19.0 Å². The summed E-state index contributed by atoms with van der Waals surface area (Å²) in [5.41, 5.74) is 0.194. The molecule has 0 atom stereocenters. The van der Waals surface area contributed by atoms with Crippen LogP contribution in [0.3, 0.4) is 0 Å². The van der Waals surface area contributed by atoms with Crippen LogP contribution >= 0.6 is 0 Å². The first-order valence-electron chi connectivity index (χ1n) is 3.14. The maximum Gasteiger partial charge on any atom is 0.373 e. The number of esters is 2. The fourth-order valence-electron chi connectivity index (χ4n) is 0.355. The molecular formula is C8H11FO4. The van der Waals surface area contributed by atoms with Crippen LogP contribution in [0.1, 0.15) is 6.92 Å². The van der Waals surface area contributed by atoms with Crippen LogP contribution in [0.4, 0.5) is 4.70 Å². The maximum absolute atomic E-state index is 10.8. The molecule has 0 rings (SSSR count). The number of carbonyl (C=O) groups is 2. The van der Waals surface area contributed by atoms with E-state index in [1.165, 1.54) is 14.0 Å². The third-order valence-corrected chi connectivity index (χ3v) is 0.977. The first-order chi connectivity index (χ1) is 5.49. The van der Waals surface area contributed by atoms with Crippen molar-refractivity contribution in [1.82, 2.24) is 0 Å². The normalized spacial score (nSPS) is 7.85. The van der Waals surface area contributed by atoms with Crippen LogP contribution in [0.2, 0.25) is 0 Å². The van der Waals surface area contributed by atoms with Crippen molar-refractivity contribution in [2.75, 3.05) is 7.11 Å². The van der Waals surface area contributed by atoms with Gasteiger partial charge in [-0.25, -0.2) is 9.59 Å². The van der Waals surface area contributed by atoms with Gasteiger partial charge < -0.3 is 9.47 Å². The maximum atomic E-state index is 10.8. The predicted molar refractivity (Wildman–Crippen MR) is 44.6 cm³/mol. The molecule has 13 heavy (non-hydrogen) atoms. The van der Waals surface area contributed by atoms with Gasteiger partial charge in [0, 0.05) is 5.57 Å². The number of carbonyl (C=O) groups excluding carboxylic acids is 2. The minimum absolute atomic E-state index is 0. The Kier molecular flexibility index (Phi) is 6.35. The van der Waals surface area contributed by atoms with Gasteiger partial charge in [0.1, 0.15) is 0 Å². The van der Waals surface area contributed by atoms with E-state index >= 15 is 0 Å². The Morgan fingerprint density at radius 3 is 1.92 bits per heavy atom. The van der Waals surface area contributed by atoms with Gasteiger partial charge in [-0.2, -0.15) is 0 Å². The standard InChI is InChI=1S/C8H10O4.FH/c1-5(2)7(9)12-6(3)8(10)11-4;/h1,3H2,2,4H3;1H. The summed E-state index contributed by atoms with van der Waals surface area (Å²) in [6.45, 7) is 7.98. The molecule has 74 valence electrons. The van der Waals surface area contributed by atoms with Crippen molar-refractivity contribution in [3.8, 4) is 0 Å². The molecule has 0 radical (unpaired) electrons. The van der Waals surface area contributed by atoms with Gasteiger partial charge in [-0.1, -0.05) is 6.58 Å². The van der Waals surface area contributed by atoms with Crippen molar-refractivity contribution in [2.45, 2.75) is 6.92 Å². The molecule has 0 aromatic heterocycles. The van der Waals surface area contributed by atoms with Crippen molar-refractivity contribution in [3.63, 3.8) is 0 Å². The summed E-state index contributed by atoms with van der Waals surface area (Å²) in [5, 5.41) is 0. The van der Waals surface area contributed by atoms with Crippen molar-refractivity contribution in [3.05, 3.63) is 24.5 Å². The Morgan fingerprint density at radius 2 is 1.62 bits per heavy atom. The molecule has 0 aliphatic carbocycles. The van der Waals surface area contributed by atoms with Crippen LogP contribution in [0.5, 0.6) is 0 Å². The molecule has 0 aliphatic rings. The third kappa shape index (κ3) is 4.73. The van der Waals surface area contributed by atoms with Crippen LogP contribution < -0.4 is 0 Å². The van der Waals surface area contributed by atoms with Crippen LogP contribution in [0.15, 0.2) is 24.5 Å². The SMILES string of the molecule is C=C(C)C(=O)OC(=C)C(=O)OC.F. The van der Waals surface area contributed by atoms with E-state index in [0.717, 1.165) is 0 Å². The van der Waals surface area contributed by atoms with Crippen molar-refractivity contribution >= 4 is 11.9 Å². The Balaban J connectivity index is 0. The molecule has 0 saturated carbocycles. The summed E-state index contributed by atoms with van der Waals surface area (Å²) >= 11 is 0. The van der Waals surface area contributed by atoms with E-state index in [4.69, 9.17) is 0 Å². The fraction of sp³-hybridized carbons (Fsp3) is 0.250. The minimum atomic E-state index is -0.774. The van der Waals surface area contributed by atoms with Crippen molar-refractivity contribution < 1.29 is 23.8 Å². The molecule has 0 amide bonds. The van der Waals surface area contributed by atoms with Gasteiger partial charge in [0.05, 0.1) is 7.11 Å². The summed E-state index contributed by atoms with van der Waals surface area (Å²) < 4.78 is 8.70. The average Bonchev–Trinajstić information content (AvgIpc) is 2.02. The quantitative estimate of drug-likeness (QED) is 0.377. The van der Waals surface area contributed by atoms with E-state index in [-0.39, 0.29) is 16.0 Å². The lowest BCUT2D eigenvalue weighted by molar-refractivity contribution is -0.147. The van der Waals surface area contributed by atoms with Gasteiger partial charge in [-0.3, -0.25) is 4.70 Å². The lowest BCUT2D eigenvalue weighted by Crippen LogP contribution is -2.12. The van der Waals surface area contributed by atoms with Crippen LogP contribution in [0.25, 0.3) is 0 Å². The van der Waals surface area contributed by atoms with Crippen molar-refractivity contribution in [2.24, 2.45) is 0 Å². The topological polar surface area (TPSA) is 52.6 Å². The molecule has 4 nitrogen and oxygen atoms in total. The average molecular weight is 190 g/mol. The molecule has 0 aromatic carbocycles. The first kappa shape index (κ1) is 13.9. The number of halogens is 1. The summed E-state index contributed by atoms with van der Waals surface area (Å²) in [6.07, 6.45) is 0. The highest BCUT2D eigenvalue weighted by Gasteiger charge is 2.12. The number of hydrogen-bond donors (Lipinski definition) is 0. The number of rotatable bonds is 3. The first-order valence-corrected chi connectivity index (χ1v) is 3.14. The number of methoxy groups -OCH3 is 1. The molecule has 0 heterocycles. The van der Waals surface area contributed by atoms with E-state index in [1.54, 1.807) is 0 Å². The van der Waals surface area contributed by atoms with Crippen LogP contribution in [-0.2, 0) is 19.1 Å². The Hall–Kier alpha value is -1.65. The second-order valence-electron chi connectivity index (χ2n) is 2.08. The summed E-state index contributed by atoms with van der Waals surface area (Å²) in [4.78, 5) is 21.4. The lowest BCUT2D eigenvalue weighted by atomic mass is 10.4. The van der Waals surface area contributed by atoms with Crippen molar-refractivity contribution in [1.29, 1.82) is 0 Å². The highest BCUT2D eigenvalue weighted by molar-refractivity contribution is 5.93. The molecule has 0 aromatic rings. The third-order valence-electron chi connectivity index (χ3n) is 0.977. The number of ether oxygens (including phenoxy) is 2. The second kappa shape index (κ2) is 5.93. The predicted octanol–water partition coefficient (Wildman–Crippen LogP) is 0.945. The summed E-state index contributed by atoms with van der Waals surface area (Å²) in [7, 11) is 1.17. The molecule has 0 unspecified atom stereocenters. The Morgan fingerprint density at radius 1 is 1.15 bits per heavy atom. The lowest BCUT2D eigenvalue weighted by Gasteiger charge is -2.03. The molecule has 0 fully saturated rings. The van der Waals surface area contributed by atoms with E-state index < -0.39 is 11.9 Å². The Bertz CT molecular complexity index is 245. The zero-order chi connectivity index (χ0) is 9.72. The molecule has 0 saturated heterocycles. The van der Waals surface area contributed by atoms with Gasteiger partial charge in [0.25, 0.3) is 0 Å². The monoisotopic (exact) mass is 190 g/mol. The largest absolute Gasteiger partial charge is 0.463 e. The van der Waals surface area contributed by atoms with Gasteiger partial charge in [-0.05, 0) is 13.5 Å². The highest BCUT2D eigenvalue weighted by atomic mass is 19.0. The second-order valence-corrected chi connectivity index (χ2v) is 2.08.